The highest BCUT2D eigenvalue weighted by atomic mass is 32.1. The first kappa shape index (κ1) is 21.5. The average Bonchev–Trinajstić information content (AvgIpc) is 3.07. The number of carbonyl (C=O) groups excluding carboxylic acids is 1. The Morgan fingerprint density at radius 3 is 2.46 bits per heavy atom. The van der Waals surface area contributed by atoms with Gasteiger partial charge in [0.2, 0.25) is 0 Å². The van der Waals surface area contributed by atoms with Gasteiger partial charge in [0.1, 0.15) is 0 Å². The fourth-order valence-corrected chi connectivity index (χ4v) is 5.11. The highest BCUT2D eigenvalue weighted by Crippen LogP contribution is 2.33. The van der Waals surface area contributed by atoms with Gasteiger partial charge in [-0.15, -0.1) is 11.3 Å². The zero-order valence-electron chi connectivity index (χ0n) is 17.1. The quantitative estimate of drug-likeness (QED) is 0.489. The predicted molar refractivity (Wildman–Crippen MR) is 113 cm³/mol. The van der Waals surface area contributed by atoms with Crippen LogP contribution in [0.25, 0.3) is 0 Å². The van der Waals surface area contributed by atoms with Crippen LogP contribution in [0.4, 0.5) is 9.93 Å². The molecule has 7 heteroatoms. The van der Waals surface area contributed by atoms with Crippen LogP contribution in [0.2, 0.25) is 0 Å². The first-order valence-electron chi connectivity index (χ1n) is 10.8. The summed E-state index contributed by atoms with van der Waals surface area (Å²) in [5.74, 6) is 0.603. The van der Waals surface area contributed by atoms with Crippen LogP contribution < -0.4 is 5.32 Å². The second-order valence-electron chi connectivity index (χ2n) is 8.06. The Morgan fingerprint density at radius 1 is 1.11 bits per heavy atom. The van der Waals surface area contributed by atoms with E-state index >= 15 is 0 Å². The zero-order valence-corrected chi connectivity index (χ0v) is 17.9. The number of thiazole rings is 1. The summed E-state index contributed by atoms with van der Waals surface area (Å²) in [5.41, 5.74) is 0. The van der Waals surface area contributed by atoms with Crippen molar-refractivity contribution in [1.29, 1.82) is 0 Å². The van der Waals surface area contributed by atoms with Gasteiger partial charge in [-0.25, -0.2) is 9.78 Å². The van der Waals surface area contributed by atoms with Gasteiger partial charge >= 0.3 is 6.03 Å². The molecule has 0 spiro atoms. The van der Waals surface area contributed by atoms with Crippen LogP contribution in [0.15, 0.2) is 11.6 Å². The predicted octanol–water partition coefficient (Wildman–Crippen LogP) is 4.92. The van der Waals surface area contributed by atoms with E-state index in [1.54, 1.807) is 13.3 Å². The van der Waals surface area contributed by atoms with E-state index in [1.807, 2.05) is 5.38 Å². The van der Waals surface area contributed by atoms with Gasteiger partial charge in [-0.05, 0) is 44.4 Å². The van der Waals surface area contributed by atoms with Crippen molar-refractivity contribution in [3.8, 4) is 0 Å². The van der Waals surface area contributed by atoms with E-state index in [1.165, 1.54) is 37.0 Å². The zero-order chi connectivity index (χ0) is 19.6. The highest BCUT2D eigenvalue weighted by molar-refractivity contribution is 7.13. The molecule has 6 nitrogen and oxygen atoms in total. The Morgan fingerprint density at radius 2 is 1.82 bits per heavy atom. The number of aromatic nitrogens is 1. The molecule has 0 atom stereocenters. The molecule has 2 fully saturated rings. The summed E-state index contributed by atoms with van der Waals surface area (Å²) in [7, 11) is 1.70. The van der Waals surface area contributed by atoms with E-state index in [0.717, 1.165) is 45.1 Å². The number of ether oxygens (including phenoxy) is 2. The van der Waals surface area contributed by atoms with Crippen LogP contribution >= 0.6 is 11.3 Å². The maximum absolute atomic E-state index is 13.2. The van der Waals surface area contributed by atoms with Gasteiger partial charge in [-0.1, -0.05) is 25.7 Å². The van der Waals surface area contributed by atoms with Gasteiger partial charge in [0.25, 0.3) is 0 Å². The SMILES string of the molecule is COCCOCC1CCC(N(C(=O)Nc2nccs2)C2CCCCCC2)CC1. The molecule has 2 amide bonds. The topological polar surface area (TPSA) is 63.7 Å². The van der Waals surface area contributed by atoms with Gasteiger partial charge in [-0.2, -0.15) is 0 Å². The molecule has 158 valence electrons. The lowest BCUT2D eigenvalue weighted by molar-refractivity contribution is 0.0338. The number of carbonyl (C=O) groups is 1. The molecule has 3 rings (SSSR count). The molecule has 0 aliphatic heterocycles. The van der Waals surface area contributed by atoms with E-state index in [-0.39, 0.29) is 6.03 Å². The van der Waals surface area contributed by atoms with Crippen molar-refractivity contribution in [2.45, 2.75) is 76.3 Å². The summed E-state index contributed by atoms with van der Waals surface area (Å²) in [6.07, 6.45) is 13.5. The average molecular weight is 410 g/mol. The first-order valence-corrected chi connectivity index (χ1v) is 11.7. The lowest BCUT2D eigenvalue weighted by Crippen LogP contribution is -2.50. The number of rotatable bonds is 8. The van der Waals surface area contributed by atoms with Gasteiger partial charge in [0, 0.05) is 37.4 Å². The maximum atomic E-state index is 13.2. The first-order chi connectivity index (χ1) is 13.8. The molecule has 28 heavy (non-hydrogen) atoms. The summed E-state index contributed by atoms with van der Waals surface area (Å²) in [6.45, 7) is 2.13. The van der Waals surface area contributed by atoms with Crippen LogP contribution in [-0.4, -0.2) is 54.9 Å². The van der Waals surface area contributed by atoms with Crippen molar-refractivity contribution >= 4 is 22.5 Å². The summed E-state index contributed by atoms with van der Waals surface area (Å²) in [6, 6.07) is 0.738. The molecule has 1 heterocycles. The Hall–Kier alpha value is -1.18. The summed E-state index contributed by atoms with van der Waals surface area (Å²) >= 11 is 1.48. The molecule has 2 saturated carbocycles. The second kappa shape index (κ2) is 11.7. The Kier molecular flexibility index (Phi) is 9.02. The monoisotopic (exact) mass is 409 g/mol. The van der Waals surface area contributed by atoms with Crippen LogP contribution in [0.1, 0.15) is 64.2 Å². The Labute approximate surface area is 173 Å². The molecule has 1 aromatic heterocycles. The fourth-order valence-electron chi connectivity index (χ4n) is 4.59. The van der Waals surface area contributed by atoms with Crippen molar-refractivity contribution in [2.75, 3.05) is 32.2 Å². The van der Waals surface area contributed by atoms with Crippen LogP contribution in [0.3, 0.4) is 0 Å². The number of amides is 2. The van der Waals surface area contributed by atoms with E-state index in [2.05, 4.69) is 15.2 Å². The van der Waals surface area contributed by atoms with Crippen molar-refractivity contribution < 1.29 is 14.3 Å². The molecule has 0 radical (unpaired) electrons. The second-order valence-corrected chi connectivity index (χ2v) is 8.96. The van der Waals surface area contributed by atoms with E-state index in [9.17, 15) is 4.79 Å². The third-order valence-corrected chi connectivity index (χ3v) is 6.78. The molecular formula is C21H35N3O3S. The van der Waals surface area contributed by atoms with Gasteiger partial charge in [-0.3, -0.25) is 5.32 Å². The summed E-state index contributed by atoms with van der Waals surface area (Å²) in [5, 5.41) is 5.65. The molecule has 2 aliphatic carbocycles. The van der Waals surface area contributed by atoms with Crippen molar-refractivity contribution in [2.24, 2.45) is 5.92 Å². The number of hydrogen-bond donors (Lipinski definition) is 1. The molecule has 0 unspecified atom stereocenters. The van der Waals surface area contributed by atoms with Crippen molar-refractivity contribution in [3.05, 3.63) is 11.6 Å². The number of urea groups is 1. The molecule has 0 aromatic carbocycles. The minimum absolute atomic E-state index is 0.0432. The largest absolute Gasteiger partial charge is 0.382 e. The molecule has 1 N–H and O–H groups in total. The Bertz CT molecular complexity index is 553. The molecular weight excluding hydrogens is 374 g/mol. The van der Waals surface area contributed by atoms with Crippen molar-refractivity contribution in [3.63, 3.8) is 0 Å². The minimum atomic E-state index is 0.0432. The molecule has 0 bridgehead atoms. The number of nitrogens with zero attached hydrogens (tertiary/aromatic N) is 2. The number of hydrogen-bond acceptors (Lipinski definition) is 5. The lowest BCUT2D eigenvalue weighted by atomic mass is 9.85. The number of anilines is 1. The highest BCUT2D eigenvalue weighted by Gasteiger charge is 2.34. The van der Waals surface area contributed by atoms with Crippen LogP contribution in [-0.2, 0) is 9.47 Å². The van der Waals surface area contributed by atoms with Crippen molar-refractivity contribution in [1.82, 2.24) is 9.88 Å². The third kappa shape index (κ3) is 6.42. The van der Waals surface area contributed by atoms with E-state index in [4.69, 9.17) is 9.47 Å². The molecule has 0 saturated heterocycles. The van der Waals surface area contributed by atoms with Crippen LogP contribution in [0.5, 0.6) is 0 Å². The lowest BCUT2D eigenvalue weighted by Gasteiger charge is -2.41. The molecule has 2 aliphatic rings. The van der Waals surface area contributed by atoms with Crippen LogP contribution in [0, 0.1) is 5.92 Å². The maximum Gasteiger partial charge on any atom is 0.324 e. The third-order valence-electron chi connectivity index (χ3n) is 6.09. The number of nitrogens with one attached hydrogen (secondary N) is 1. The van der Waals surface area contributed by atoms with Gasteiger partial charge in [0.05, 0.1) is 13.2 Å². The van der Waals surface area contributed by atoms with Gasteiger partial charge < -0.3 is 14.4 Å². The smallest absolute Gasteiger partial charge is 0.324 e. The molecule has 1 aromatic rings. The number of methoxy groups -OCH3 is 1. The Balaban J connectivity index is 1.58. The van der Waals surface area contributed by atoms with E-state index < -0.39 is 0 Å². The standard InChI is InChI=1S/C21H35N3O3S/c1-26-13-14-27-16-17-8-10-19(11-9-17)24(18-6-4-2-3-5-7-18)21(25)23-20-22-12-15-28-20/h12,15,17-19H,2-11,13-14,16H2,1H3,(H,22,23,25). The fraction of sp³-hybridized carbons (Fsp3) is 0.810. The van der Waals surface area contributed by atoms with Gasteiger partial charge in [0.15, 0.2) is 5.13 Å². The summed E-state index contributed by atoms with van der Waals surface area (Å²) in [4.78, 5) is 19.6. The minimum Gasteiger partial charge on any atom is -0.382 e. The van der Waals surface area contributed by atoms with E-state index in [0.29, 0.717) is 36.3 Å². The normalized spacial score (nSPS) is 23.9. The summed E-state index contributed by atoms with van der Waals surface area (Å²) < 4.78 is 10.8.